The first kappa shape index (κ1) is 19.9. The Labute approximate surface area is 176 Å². The summed E-state index contributed by atoms with van der Waals surface area (Å²) in [5.74, 6) is 0.827. The smallest absolute Gasteiger partial charge is 0.253 e. The van der Waals surface area contributed by atoms with E-state index in [-0.39, 0.29) is 23.2 Å². The highest BCUT2D eigenvalue weighted by Gasteiger charge is 2.28. The van der Waals surface area contributed by atoms with Gasteiger partial charge in [0.25, 0.3) is 10.9 Å². The fourth-order valence-corrected chi connectivity index (χ4v) is 4.48. The molecule has 1 aliphatic carbocycles. The highest BCUT2D eigenvalue weighted by atomic mass is 35.5. The molecule has 1 unspecified atom stereocenters. The average molecular weight is 434 g/mol. The lowest BCUT2D eigenvalue weighted by atomic mass is 9.93. The molecule has 7 nitrogen and oxygen atoms in total. The van der Waals surface area contributed by atoms with Crippen LogP contribution in [0.5, 0.6) is 5.75 Å². The van der Waals surface area contributed by atoms with Gasteiger partial charge in [-0.25, -0.2) is 0 Å². The minimum atomic E-state index is -0.619. The fourth-order valence-electron chi connectivity index (χ4n) is 3.51. The summed E-state index contributed by atoms with van der Waals surface area (Å²) < 4.78 is 7.28. The van der Waals surface area contributed by atoms with Crippen LogP contribution in [0.25, 0.3) is 0 Å². The van der Waals surface area contributed by atoms with E-state index in [1.165, 1.54) is 11.9 Å². The van der Waals surface area contributed by atoms with Crippen LogP contribution in [0.15, 0.2) is 43.4 Å². The van der Waals surface area contributed by atoms with Gasteiger partial charge in [-0.1, -0.05) is 11.6 Å². The number of aromatic hydroxyl groups is 1. The van der Waals surface area contributed by atoms with Gasteiger partial charge < -0.3 is 20.2 Å². The summed E-state index contributed by atoms with van der Waals surface area (Å²) in [7, 11) is 3.65. The SMILES string of the molecule is CN(C)Sc1c(Cl)ccc(Nc2c(NC3CCCc4occc43)c(=O)c2=O)c1O. The van der Waals surface area contributed by atoms with E-state index in [0.717, 1.165) is 30.6 Å². The van der Waals surface area contributed by atoms with E-state index in [1.54, 1.807) is 22.7 Å². The molecule has 0 fully saturated rings. The van der Waals surface area contributed by atoms with Gasteiger partial charge in [0, 0.05) is 12.0 Å². The lowest BCUT2D eigenvalue weighted by Gasteiger charge is -2.25. The van der Waals surface area contributed by atoms with Crippen molar-refractivity contribution in [2.45, 2.75) is 30.2 Å². The van der Waals surface area contributed by atoms with Gasteiger partial charge in [0.05, 0.1) is 27.9 Å². The highest BCUT2D eigenvalue weighted by molar-refractivity contribution is 7.97. The summed E-state index contributed by atoms with van der Waals surface area (Å²) in [5.41, 5.74) is 0.497. The molecule has 1 heterocycles. The maximum atomic E-state index is 12.2. The zero-order valence-corrected chi connectivity index (χ0v) is 17.5. The van der Waals surface area contributed by atoms with Crippen LogP contribution >= 0.6 is 23.5 Å². The number of fused-ring (bicyclic) bond motifs is 1. The molecule has 1 aliphatic rings. The van der Waals surface area contributed by atoms with Crippen LogP contribution in [0.2, 0.25) is 5.02 Å². The molecule has 2 aromatic carbocycles. The standard InChI is InChI=1S/C20H20ClN3O4S/c1-24(2)29-20-11(21)6-7-13(17(20)25)23-16-15(18(26)19(16)27)22-12-4-3-5-14-10(12)8-9-28-14/h6-9,12,22-23,25H,3-5H2,1-2H3. The van der Waals surface area contributed by atoms with Crippen molar-refractivity contribution in [1.82, 2.24) is 4.31 Å². The quantitative estimate of drug-likeness (QED) is 0.304. The topological polar surface area (TPSA) is 94.8 Å². The Bertz CT molecular complexity index is 1130. The molecule has 3 N–H and O–H groups in total. The molecule has 3 aromatic rings. The van der Waals surface area contributed by atoms with Crippen molar-refractivity contribution in [1.29, 1.82) is 0 Å². The third-order valence-corrected chi connectivity index (χ3v) is 6.29. The van der Waals surface area contributed by atoms with E-state index in [2.05, 4.69) is 10.6 Å². The molecule has 0 radical (unpaired) electrons. The number of halogens is 1. The highest BCUT2D eigenvalue weighted by Crippen LogP contribution is 2.42. The van der Waals surface area contributed by atoms with Gasteiger partial charge in [-0.2, -0.15) is 0 Å². The molecular formula is C20H20ClN3O4S. The Balaban J connectivity index is 1.62. The van der Waals surface area contributed by atoms with E-state index in [4.69, 9.17) is 16.0 Å². The number of phenols is 1. The number of phenolic OH excluding ortho intramolecular Hbond substituents is 1. The summed E-state index contributed by atoms with van der Waals surface area (Å²) in [4.78, 5) is 24.9. The van der Waals surface area contributed by atoms with Crippen LogP contribution in [0.3, 0.4) is 0 Å². The Kier molecular flexibility index (Phi) is 5.33. The normalized spacial score (nSPS) is 16.2. The molecule has 9 heteroatoms. The second-order valence-corrected chi connectivity index (χ2v) is 8.83. The van der Waals surface area contributed by atoms with E-state index in [1.807, 2.05) is 20.2 Å². The van der Waals surface area contributed by atoms with Crippen LogP contribution in [-0.2, 0) is 6.42 Å². The lowest BCUT2D eigenvalue weighted by Crippen LogP contribution is -2.37. The third-order valence-electron chi connectivity index (χ3n) is 4.90. The van der Waals surface area contributed by atoms with Gasteiger partial charge in [-0.05, 0) is 57.1 Å². The van der Waals surface area contributed by atoms with Crippen LogP contribution in [-0.4, -0.2) is 23.5 Å². The second kappa shape index (κ2) is 7.78. The molecule has 29 heavy (non-hydrogen) atoms. The van der Waals surface area contributed by atoms with Crippen LogP contribution in [0.4, 0.5) is 17.1 Å². The largest absolute Gasteiger partial charge is 0.505 e. The third kappa shape index (κ3) is 3.63. The number of hydrogen-bond acceptors (Lipinski definition) is 8. The van der Waals surface area contributed by atoms with Crippen molar-refractivity contribution < 1.29 is 9.52 Å². The average Bonchev–Trinajstić information content (AvgIpc) is 3.18. The summed E-state index contributed by atoms with van der Waals surface area (Å²) >= 11 is 7.45. The summed E-state index contributed by atoms with van der Waals surface area (Å²) in [6.07, 6.45) is 4.27. The van der Waals surface area contributed by atoms with Crippen molar-refractivity contribution in [3.63, 3.8) is 0 Å². The number of hydrogen-bond donors (Lipinski definition) is 3. The maximum absolute atomic E-state index is 12.2. The van der Waals surface area contributed by atoms with Crippen molar-refractivity contribution in [2.75, 3.05) is 24.7 Å². The minimum Gasteiger partial charge on any atom is -0.505 e. The predicted octanol–water partition coefficient (Wildman–Crippen LogP) is 4.04. The van der Waals surface area contributed by atoms with Crippen molar-refractivity contribution in [3.8, 4) is 5.75 Å². The van der Waals surface area contributed by atoms with Gasteiger partial charge in [0.15, 0.2) is 5.75 Å². The molecule has 0 saturated heterocycles. The number of aryl methyl sites for hydroxylation is 1. The first-order valence-electron chi connectivity index (χ1n) is 9.16. The Morgan fingerprint density at radius 1 is 1.21 bits per heavy atom. The number of nitrogens with one attached hydrogen (secondary N) is 2. The van der Waals surface area contributed by atoms with Crippen LogP contribution in [0, 0.1) is 0 Å². The van der Waals surface area contributed by atoms with Crippen LogP contribution < -0.4 is 21.5 Å². The van der Waals surface area contributed by atoms with Crippen molar-refractivity contribution in [2.24, 2.45) is 0 Å². The van der Waals surface area contributed by atoms with Gasteiger partial charge in [0.2, 0.25) is 0 Å². The molecule has 0 bridgehead atoms. The van der Waals surface area contributed by atoms with Crippen molar-refractivity contribution >= 4 is 40.6 Å². The summed E-state index contributed by atoms with van der Waals surface area (Å²) in [5, 5.41) is 17.1. The van der Waals surface area contributed by atoms with Gasteiger partial charge in [0.1, 0.15) is 17.1 Å². The number of anilines is 3. The summed E-state index contributed by atoms with van der Waals surface area (Å²) in [6, 6.07) is 5.00. The molecule has 0 saturated carbocycles. The molecular weight excluding hydrogens is 414 g/mol. The van der Waals surface area contributed by atoms with Gasteiger partial charge in [-0.15, -0.1) is 0 Å². The first-order valence-corrected chi connectivity index (χ1v) is 10.3. The maximum Gasteiger partial charge on any atom is 0.253 e. The summed E-state index contributed by atoms with van der Waals surface area (Å²) in [6.45, 7) is 0. The van der Waals surface area contributed by atoms with Crippen LogP contribution in [0.1, 0.15) is 30.2 Å². The van der Waals surface area contributed by atoms with Gasteiger partial charge in [-0.3, -0.25) is 13.9 Å². The van der Waals surface area contributed by atoms with E-state index < -0.39 is 10.9 Å². The molecule has 4 rings (SSSR count). The first-order chi connectivity index (χ1) is 13.9. The Morgan fingerprint density at radius 2 is 1.97 bits per heavy atom. The molecule has 0 amide bonds. The van der Waals surface area contributed by atoms with E-state index >= 15 is 0 Å². The van der Waals surface area contributed by atoms with Crippen molar-refractivity contribution in [3.05, 3.63) is 61.3 Å². The number of nitrogens with zero attached hydrogens (tertiary/aromatic N) is 1. The molecule has 0 spiro atoms. The zero-order valence-electron chi connectivity index (χ0n) is 15.9. The molecule has 0 aliphatic heterocycles. The monoisotopic (exact) mass is 433 g/mol. The molecule has 152 valence electrons. The number of benzene rings is 1. The number of rotatable bonds is 6. The van der Waals surface area contributed by atoms with Gasteiger partial charge >= 0.3 is 0 Å². The Hall–Kier alpha value is -2.42. The number of furan rings is 1. The second-order valence-electron chi connectivity index (χ2n) is 7.10. The zero-order chi connectivity index (χ0) is 20.7. The molecule has 1 aromatic heterocycles. The minimum absolute atomic E-state index is 0.0787. The molecule has 1 atom stereocenters. The van der Waals surface area contributed by atoms with E-state index in [9.17, 15) is 14.7 Å². The van der Waals surface area contributed by atoms with E-state index in [0.29, 0.717) is 15.6 Å². The lowest BCUT2D eigenvalue weighted by molar-refractivity contribution is 0.461. The Morgan fingerprint density at radius 3 is 2.72 bits per heavy atom. The fraction of sp³-hybridized carbons (Fsp3) is 0.300. The predicted molar refractivity (Wildman–Crippen MR) is 115 cm³/mol.